The van der Waals surface area contributed by atoms with Crippen molar-refractivity contribution in [2.75, 3.05) is 6.54 Å². The Morgan fingerprint density at radius 2 is 1.67 bits per heavy atom. The van der Waals surface area contributed by atoms with Crippen LogP contribution in [-0.2, 0) is 21.2 Å². The lowest BCUT2D eigenvalue weighted by molar-refractivity contribution is 0.0268. The zero-order valence-electron chi connectivity index (χ0n) is 17.5. The predicted molar refractivity (Wildman–Crippen MR) is 120 cm³/mol. The minimum Gasteiger partial charge on any atom is -0.457 e. The first-order chi connectivity index (χ1) is 15.7. The van der Waals surface area contributed by atoms with Crippen molar-refractivity contribution in [2.45, 2.75) is 24.5 Å². The van der Waals surface area contributed by atoms with E-state index in [9.17, 15) is 17.6 Å². The molecule has 3 aromatic rings. The molecule has 33 heavy (non-hydrogen) atoms. The van der Waals surface area contributed by atoms with Crippen molar-refractivity contribution >= 4 is 27.7 Å². The number of carbonyl (C=O) groups is 1. The highest BCUT2D eigenvalue weighted by Crippen LogP contribution is 2.38. The molecule has 1 amide bonds. The molecule has 0 radical (unpaired) electrons. The summed E-state index contributed by atoms with van der Waals surface area (Å²) >= 11 is 5.86. The summed E-state index contributed by atoms with van der Waals surface area (Å²) < 4.78 is 53.3. The second-order valence-corrected chi connectivity index (χ2v) is 9.77. The molecule has 0 unspecified atom stereocenters. The number of primary amides is 1. The van der Waals surface area contributed by atoms with Crippen LogP contribution in [0.5, 0.6) is 11.5 Å². The van der Waals surface area contributed by atoms with Crippen molar-refractivity contribution in [3.05, 3.63) is 88.2 Å². The minimum absolute atomic E-state index is 0.00804. The van der Waals surface area contributed by atoms with E-state index in [0.717, 1.165) is 9.87 Å². The normalized spacial score (nSPS) is 16.2. The van der Waals surface area contributed by atoms with Crippen molar-refractivity contribution in [1.82, 2.24) is 4.31 Å². The van der Waals surface area contributed by atoms with E-state index in [-0.39, 0.29) is 23.4 Å². The number of nitrogens with zero attached hydrogens (tertiary/aromatic N) is 1. The van der Waals surface area contributed by atoms with Gasteiger partial charge in [-0.3, -0.25) is 0 Å². The number of ether oxygens (including phenoxy) is 2. The van der Waals surface area contributed by atoms with Crippen LogP contribution in [0.3, 0.4) is 0 Å². The van der Waals surface area contributed by atoms with E-state index < -0.39 is 28.2 Å². The molecule has 1 heterocycles. The number of hydrogen-bond donors (Lipinski definition) is 1. The van der Waals surface area contributed by atoms with Crippen LogP contribution in [0.2, 0.25) is 5.02 Å². The van der Waals surface area contributed by atoms with Gasteiger partial charge < -0.3 is 15.2 Å². The van der Waals surface area contributed by atoms with Crippen molar-refractivity contribution in [3.8, 4) is 11.5 Å². The number of halogens is 2. The van der Waals surface area contributed by atoms with Crippen molar-refractivity contribution in [1.29, 1.82) is 0 Å². The summed E-state index contributed by atoms with van der Waals surface area (Å²) in [6, 6.07) is 15.2. The molecule has 0 bridgehead atoms. The molecule has 4 rings (SSSR count). The standard InChI is InChI=1S/C23H20ClFN2O5S/c1-14-2-11-20(25)21-19(14)12-13-27(22(21)32-23(26)28)33(29,30)18-9-7-17(8-10-18)31-16-5-3-15(24)4-6-16/h2-11,22H,12-13H2,1H3,(H2,26,28)/t22-/m1/s1. The summed E-state index contributed by atoms with van der Waals surface area (Å²) in [7, 11) is -4.16. The van der Waals surface area contributed by atoms with Gasteiger partial charge in [0, 0.05) is 17.1 Å². The smallest absolute Gasteiger partial charge is 0.406 e. The van der Waals surface area contributed by atoms with Crippen LogP contribution in [0.15, 0.2) is 65.6 Å². The molecule has 7 nitrogen and oxygen atoms in total. The van der Waals surface area contributed by atoms with Gasteiger partial charge in [-0.1, -0.05) is 17.7 Å². The average molecular weight is 491 g/mol. The summed E-state index contributed by atoms with van der Waals surface area (Å²) in [6.07, 6.45) is -2.46. The molecule has 0 saturated carbocycles. The van der Waals surface area contributed by atoms with Gasteiger partial charge in [0.1, 0.15) is 17.3 Å². The van der Waals surface area contributed by atoms with Crippen molar-refractivity contribution in [2.24, 2.45) is 5.73 Å². The van der Waals surface area contributed by atoms with Gasteiger partial charge in [-0.25, -0.2) is 17.6 Å². The molecular formula is C23H20ClFN2O5S. The van der Waals surface area contributed by atoms with Gasteiger partial charge in [-0.15, -0.1) is 0 Å². The second kappa shape index (κ2) is 9.01. The Hall–Kier alpha value is -3.14. The van der Waals surface area contributed by atoms with Crippen LogP contribution in [0.1, 0.15) is 22.9 Å². The van der Waals surface area contributed by atoms with Gasteiger partial charge >= 0.3 is 6.09 Å². The Bertz CT molecular complexity index is 1300. The number of benzene rings is 3. The second-order valence-electron chi connectivity index (χ2n) is 7.44. The molecule has 1 aliphatic heterocycles. The summed E-state index contributed by atoms with van der Waals surface area (Å²) in [6.45, 7) is 1.77. The number of nitrogens with two attached hydrogens (primary N) is 1. The molecule has 1 atom stereocenters. The van der Waals surface area contributed by atoms with Crippen LogP contribution >= 0.6 is 11.6 Å². The van der Waals surface area contributed by atoms with Crippen LogP contribution < -0.4 is 10.5 Å². The highest BCUT2D eigenvalue weighted by atomic mass is 35.5. The summed E-state index contributed by atoms with van der Waals surface area (Å²) in [4.78, 5) is 11.5. The lowest BCUT2D eigenvalue weighted by atomic mass is 9.94. The SMILES string of the molecule is Cc1ccc(F)c2c1CCN(S(=O)(=O)c1ccc(Oc3ccc(Cl)cc3)cc1)[C@@H]2OC(N)=O. The first-order valence-corrected chi connectivity index (χ1v) is 11.8. The van der Waals surface area contributed by atoms with E-state index in [4.69, 9.17) is 26.8 Å². The Morgan fingerprint density at radius 1 is 1.06 bits per heavy atom. The number of hydrogen-bond acceptors (Lipinski definition) is 5. The first-order valence-electron chi connectivity index (χ1n) is 9.96. The fourth-order valence-corrected chi connectivity index (χ4v) is 5.36. The third-order valence-electron chi connectivity index (χ3n) is 5.34. The fraction of sp³-hybridized carbons (Fsp3) is 0.174. The number of rotatable bonds is 5. The van der Waals surface area contributed by atoms with Crippen molar-refractivity contribution in [3.63, 3.8) is 0 Å². The molecule has 0 spiro atoms. The summed E-state index contributed by atoms with van der Waals surface area (Å²) in [5.74, 6) is 0.267. The highest BCUT2D eigenvalue weighted by Gasteiger charge is 2.41. The molecule has 2 N–H and O–H groups in total. The zero-order valence-corrected chi connectivity index (χ0v) is 19.1. The lowest BCUT2D eigenvalue weighted by Crippen LogP contribution is -2.43. The molecule has 0 fully saturated rings. The Kier molecular flexibility index (Phi) is 6.29. The summed E-state index contributed by atoms with van der Waals surface area (Å²) in [5, 5.41) is 0.561. The summed E-state index contributed by atoms with van der Waals surface area (Å²) in [5.41, 5.74) is 6.54. The van der Waals surface area contributed by atoms with E-state index in [1.165, 1.54) is 30.3 Å². The highest BCUT2D eigenvalue weighted by molar-refractivity contribution is 7.89. The zero-order chi connectivity index (χ0) is 23.8. The van der Waals surface area contributed by atoms with Gasteiger partial charge in [0.15, 0.2) is 6.23 Å². The van der Waals surface area contributed by atoms with Gasteiger partial charge in [0.05, 0.1) is 4.90 Å². The predicted octanol–water partition coefficient (Wildman–Crippen LogP) is 4.92. The number of aryl methyl sites for hydroxylation is 1. The van der Waals surface area contributed by atoms with Gasteiger partial charge in [-0.2, -0.15) is 4.31 Å². The van der Waals surface area contributed by atoms with E-state index in [1.54, 1.807) is 37.3 Å². The number of amides is 1. The minimum atomic E-state index is -4.16. The van der Waals surface area contributed by atoms with Crippen LogP contribution in [0, 0.1) is 12.7 Å². The quantitative estimate of drug-likeness (QED) is 0.547. The first kappa shape index (κ1) is 23.0. The van der Waals surface area contributed by atoms with Gasteiger partial charge in [0.25, 0.3) is 0 Å². The topological polar surface area (TPSA) is 98.9 Å². The lowest BCUT2D eigenvalue weighted by Gasteiger charge is -2.35. The molecule has 1 aliphatic rings. The molecule has 0 aromatic heterocycles. The maximum atomic E-state index is 14.7. The van der Waals surface area contributed by atoms with E-state index >= 15 is 0 Å². The largest absolute Gasteiger partial charge is 0.457 e. The molecule has 172 valence electrons. The third-order valence-corrected chi connectivity index (χ3v) is 7.45. The van der Waals surface area contributed by atoms with Gasteiger partial charge in [0.2, 0.25) is 10.0 Å². The number of fused-ring (bicyclic) bond motifs is 1. The fourth-order valence-electron chi connectivity index (χ4n) is 3.75. The third kappa shape index (κ3) is 4.66. The Morgan fingerprint density at radius 3 is 2.27 bits per heavy atom. The molecular weight excluding hydrogens is 471 g/mol. The molecule has 10 heteroatoms. The van der Waals surface area contributed by atoms with Crippen molar-refractivity contribution < 1.29 is 27.1 Å². The Labute approximate surface area is 195 Å². The Balaban J connectivity index is 1.65. The van der Waals surface area contributed by atoms with Crippen LogP contribution in [0.4, 0.5) is 9.18 Å². The number of carbonyl (C=O) groups excluding carboxylic acids is 1. The van der Waals surface area contributed by atoms with Gasteiger partial charge in [-0.05, 0) is 79.1 Å². The van der Waals surface area contributed by atoms with E-state index in [2.05, 4.69) is 0 Å². The molecule has 0 aliphatic carbocycles. The van der Waals surface area contributed by atoms with Crippen LogP contribution in [-0.4, -0.2) is 25.4 Å². The maximum Gasteiger partial charge on any atom is 0.406 e. The molecule has 3 aromatic carbocycles. The monoisotopic (exact) mass is 490 g/mol. The van der Waals surface area contributed by atoms with Crippen LogP contribution in [0.25, 0.3) is 0 Å². The number of sulfonamides is 1. The van der Waals surface area contributed by atoms with E-state index in [1.807, 2.05) is 0 Å². The van der Waals surface area contributed by atoms with E-state index in [0.29, 0.717) is 22.1 Å². The maximum absolute atomic E-state index is 14.7. The molecule has 0 saturated heterocycles. The average Bonchev–Trinajstić information content (AvgIpc) is 2.78.